The zero-order valence-corrected chi connectivity index (χ0v) is 11.7. The quantitative estimate of drug-likeness (QED) is 0.820. The number of hydrogen-bond acceptors (Lipinski definition) is 5. The van der Waals surface area contributed by atoms with Crippen LogP contribution in [-0.4, -0.2) is 48.6 Å². The largest absolute Gasteiger partial charge is 0.360 e. The van der Waals surface area contributed by atoms with Gasteiger partial charge in [0.15, 0.2) is 0 Å². The van der Waals surface area contributed by atoms with Gasteiger partial charge in [-0.15, -0.1) is 0 Å². The molecule has 1 unspecified atom stereocenters. The Morgan fingerprint density at radius 1 is 1.53 bits per heavy atom. The fraction of sp³-hybridized carbons (Fsp3) is 0.643. The van der Waals surface area contributed by atoms with Gasteiger partial charge in [-0.2, -0.15) is 5.26 Å². The van der Waals surface area contributed by atoms with E-state index in [4.69, 9.17) is 5.26 Å². The van der Waals surface area contributed by atoms with E-state index in [2.05, 4.69) is 26.8 Å². The van der Waals surface area contributed by atoms with E-state index in [0.717, 1.165) is 18.3 Å². The maximum Gasteiger partial charge on any atom is 0.145 e. The standard InChI is InChI=1S/C14H21N5/c1-18-6-3-4-12(10-18)5-7-19(2)14-8-13(9-15)16-11-17-14/h8,11-12H,3-7,10H2,1-2H3. The third-order valence-electron chi connectivity index (χ3n) is 3.75. The first-order valence-electron chi connectivity index (χ1n) is 6.81. The summed E-state index contributed by atoms with van der Waals surface area (Å²) in [6, 6.07) is 3.79. The minimum absolute atomic E-state index is 0.425. The van der Waals surface area contributed by atoms with Crippen LogP contribution in [0.15, 0.2) is 12.4 Å². The van der Waals surface area contributed by atoms with E-state index in [0.29, 0.717) is 5.69 Å². The molecule has 0 bridgehead atoms. The minimum atomic E-state index is 0.425. The van der Waals surface area contributed by atoms with Crippen LogP contribution in [0.2, 0.25) is 0 Å². The molecule has 1 saturated heterocycles. The molecule has 2 heterocycles. The summed E-state index contributed by atoms with van der Waals surface area (Å²) in [4.78, 5) is 12.6. The van der Waals surface area contributed by atoms with Crippen LogP contribution in [0.1, 0.15) is 25.0 Å². The molecule has 0 spiro atoms. The first-order chi connectivity index (χ1) is 9.19. The Hall–Kier alpha value is -1.67. The highest BCUT2D eigenvalue weighted by atomic mass is 15.2. The Labute approximate surface area is 114 Å². The maximum absolute atomic E-state index is 8.84. The summed E-state index contributed by atoms with van der Waals surface area (Å²) < 4.78 is 0. The molecular weight excluding hydrogens is 238 g/mol. The van der Waals surface area contributed by atoms with E-state index < -0.39 is 0 Å². The first kappa shape index (κ1) is 13.8. The Kier molecular flexibility index (Phi) is 4.69. The molecule has 19 heavy (non-hydrogen) atoms. The van der Waals surface area contributed by atoms with E-state index in [-0.39, 0.29) is 0 Å². The fourth-order valence-electron chi connectivity index (χ4n) is 2.62. The Morgan fingerprint density at radius 2 is 2.37 bits per heavy atom. The van der Waals surface area contributed by atoms with Gasteiger partial charge in [-0.1, -0.05) is 0 Å². The molecule has 1 aliphatic rings. The number of anilines is 1. The molecule has 0 saturated carbocycles. The van der Waals surface area contributed by atoms with Crippen LogP contribution in [0.4, 0.5) is 5.82 Å². The molecule has 5 nitrogen and oxygen atoms in total. The van der Waals surface area contributed by atoms with Gasteiger partial charge in [-0.05, 0) is 38.8 Å². The summed E-state index contributed by atoms with van der Waals surface area (Å²) in [5.74, 6) is 1.61. The number of hydrogen-bond donors (Lipinski definition) is 0. The molecule has 0 N–H and O–H groups in total. The second-order valence-electron chi connectivity index (χ2n) is 5.35. The minimum Gasteiger partial charge on any atom is -0.360 e. The van der Waals surface area contributed by atoms with Crippen LogP contribution in [-0.2, 0) is 0 Å². The van der Waals surface area contributed by atoms with E-state index in [1.807, 2.05) is 13.1 Å². The summed E-state index contributed by atoms with van der Waals surface area (Å²) >= 11 is 0. The van der Waals surface area contributed by atoms with E-state index >= 15 is 0 Å². The molecule has 1 aliphatic heterocycles. The Balaban J connectivity index is 1.86. The Bertz CT molecular complexity index is 453. The highest BCUT2D eigenvalue weighted by molar-refractivity contribution is 5.40. The highest BCUT2D eigenvalue weighted by Crippen LogP contribution is 2.19. The smallest absolute Gasteiger partial charge is 0.145 e. The topological polar surface area (TPSA) is 56.0 Å². The van der Waals surface area contributed by atoms with E-state index in [9.17, 15) is 0 Å². The molecule has 0 amide bonds. The van der Waals surface area contributed by atoms with Gasteiger partial charge >= 0.3 is 0 Å². The molecule has 0 aromatic carbocycles. The van der Waals surface area contributed by atoms with Crippen molar-refractivity contribution in [3.8, 4) is 6.07 Å². The molecule has 1 aromatic heterocycles. The number of aromatic nitrogens is 2. The van der Waals surface area contributed by atoms with Crippen LogP contribution in [0.3, 0.4) is 0 Å². The van der Waals surface area contributed by atoms with Gasteiger partial charge in [0.05, 0.1) is 0 Å². The summed E-state index contributed by atoms with van der Waals surface area (Å²) in [6.07, 6.45) is 5.26. The third kappa shape index (κ3) is 3.90. The third-order valence-corrected chi connectivity index (χ3v) is 3.75. The summed E-state index contributed by atoms with van der Waals surface area (Å²) in [7, 11) is 4.22. The van der Waals surface area contributed by atoms with E-state index in [1.54, 1.807) is 6.07 Å². The molecule has 0 aliphatic carbocycles. The maximum atomic E-state index is 8.84. The van der Waals surface area contributed by atoms with Gasteiger partial charge in [-0.3, -0.25) is 0 Å². The van der Waals surface area contributed by atoms with Crippen LogP contribution in [0.5, 0.6) is 0 Å². The SMILES string of the molecule is CN1CCCC(CCN(C)c2cc(C#N)ncn2)C1. The average Bonchev–Trinajstić information content (AvgIpc) is 2.45. The molecule has 2 rings (SSSR count). The van der Waals surface area contributed by atoms with Gasteiger partial charge in [0.1, 0.15) is 23.9 Å². The summed E-state index contributed by atoms with van der Waals surface area (Å²) in [5.41, 5.74) is 0.425. The van der Waals surface area contributed by atoms with Gasteiger partial charge in [0, 0.05) is 26.2 Å². The lowest BCUT2D eigenvalue weighted by Gasteiger charge is -2.31. The summed E-state index contributed by atoms with van der Waals surface area (Å²) in [5, 5.41) is 8.84. The predicted molar refractivity (Wildman–Crippen MR) is 74.9 cm³/mol. The second-order valence-corrected chi connectivity index (χ2v) is 5.35. The van der Waals surface area contributed by atoms with Crippen molar-refractivity contribution in [3.05, 3.63) is 18.1 Å². The van der Waals surface area contributed by atoms with Crippen molar-refractivity contribution in [1.82, 2.24) is 14.9 Å². The molecule has 1 fully saturated rings. The van der Waals surface area contributed by atoms with Crippen LogP contribution < -0.4 is 4.90 Å². The molecule has 5 heteroatoms. The number of nitriles is 1. The highest BCUT2D eigenvalue weighted by Gasteiger charge is 2.17. The van der Waals surface area contributed by atoms with Crippen molar-refractivity contribution in [3.63, 3.8) is 0 Å². The molecule has 0 radical (unpaired) electrons. The van der Waals surface area contributed by atoms with Crippen LogP contribution in [0, 0.1) is 17.2 Å². The lowest BCUT2D eigenvalue weighted by Crippen LogP contribution is -2.34. The van der Waals surface area contributed by atoms with Crippen LogP contribution in [0.25, 0.3) is 0 Å². The van der Waals surface area contributed by atoms with Gasteiger partial charge in [0.25, 0.3) is 0 Å². The van der Waals surface area contributed by atoms with Crippen molar-refractivity contribution in [2.75, 3.05) is 38.6 Å². The second kappa shape index (κ2) is 6.48. The number of rotatable bonds is 4. The first-order valence-corrected chi connectivity index (χ1v) is 6.81. The number of piperidine rings is 1. The fourth-order valence-corrected chi connectivity index (χ4v) is 2.62. The summed E-state index contributed by atoms with van der Waals surface area (Å²) in [6.45, 7) is 3.39. The normalized spacial score (nSPS) is 19.9. The number of likely N-dealkylation sites (tertiary alicyclic amines) is 1. The van der Waals surface area contributed by atoms with Crippen molar-refractivity contribution >= 4 is 5.82 Å². The van der Waals surface area contributed by atoms with Crippen molar-refractivity contribution in [2.45, 2.75) is 19.3 Å². The van der Waals surface area contributed by atoms with Crippen LogP contribution >= 0.6 is 0 Å². The lowest BCUT2D eigenvalue weighted by molar-refractivity contribution is 0.203. The average molecular weight is 259 g/mol. The molecule has 1 aromatic rings. The molecule has 1 atom stereocenters. The van der Waals surface area contributed by atoms with E-state index in [1.165, 1.54) is 38.7 Å². The van der Waals surface area contributed by atoms with Gasteiger partial charge < -0.3 is 9.80 Å². The monoisotopic (exact) mass is 259 g/mol. The van der Waals surface area contributed by atoms with Gasteiger partial charge in [0.2, 0.25) is 0 Å². The zero-order valence-electron chi connectivity index (χ0n) is 11.7. The number of nitrogens with zero attached hydrogens (tertiary/aromatic N) is 5. The lowest BCUT2D eigenvalue weighted by atomic mass is 9.95. The molecular formula is C14H21N5. The zero-order chi connectivity index (χ0) is 13.7. The van der Waals surface area contributed by atoms with Crippen molar-refractivity contribution in [2.24, 2.45) is 5.92 Å². The molecule has 102 valence electrons. The predicted octanol–water partition coefficient (Wildman–Crippen LogP) is 1.52. The van der Waals surface area contributed by atoms with Crippen molar-refractivity contribution < 1.29 is 0 Å². The Morgan fingerprint density at radius 3 is 3.11 bits per heavy atom. The van der Waals surface area contributed by atoms with Gasteiger partial charge in [-0.25, -0.2) is 9.97 Å². The van der Waals surface area contributed by atoms with Crippen molar-refractivity contribution in [1.29, 1.82) is 5.26 Å².